The largest absolute Gasteiger partial charge is 0.324 e. The van der Waals surface area contributed by atoms with Crippen LogP contribution in [0.15, 0.2) is 42.7 Å². The van der Waals surface area contributed by atoms with E-state index in [-0.39, 0.29) is 5.78 Å². The van der Waals surface area contributed by atoms with Gasteiger partial charge in [-0.3, -0.25) is 4.79 Å². The first-order chi connectivity index (χ1) is 8.48. The third kappa shape index (κ3) is 2.67. The van der Waals surface area contributed by atoms with Gasteiger partial charge in [0.1, 0.15) is 0 Å². The summed E-state index contributed by atoms with van der Waals surface area (Å²) in [6.45, 7) is 6.42. The maximum Gasteiger partial charge on any atom is 0.203 e. The highest BCUT2D eigenvalue weighted by Crippen LogP contribution is 2.20. The maximum absolute atomic E-state index is 12.3. The van der Waals surface area contributed by atoms with Gasteiger partial charge in [-0.2, -0.15) is 0 Å². The van der Waals surface area contributed by atoms with Crippen molar-refractivity contribution in [2.24, 2.45) is 5.41 Å². The molecule has 2 aromatic rings. The van der Waals surface area contributed by atoms with Crippen molar-refractivity contribution in [3.63, 3.8) is 0 Å². The molecule has 3 nitrogen and oxygen atoms in total. The molecule has 0 aliphatic heterocycles. The molecule has 1 heterocycles. The van der Waals surface area contributed by atoms with Gasteiger partial charge in [0.15, 0.2) is 5.82 Å². The van der Waals surface area contributed by atoms with E-state index in [9.17, 15) is 4.79 Å². The van der Waals surface area contributed by atoms with Crippen molar-refractivity contribution < 1.29 is 4.79 Å². The van der Waals surface area contributed by atoms with Crippen molar-refractivity contribution in [3.05, 3.63) is 54.1 Å². The highest BCUT2D eigenvalue weighted by atomic mass is 16.1. The van der Waals surface area contributed by atoms with Crippen LogP contribution in [0.2, 0.25) is 0 Å². The Morgan fingerprint density at radius 3 is 2.50 bits per heavy atom. The van der Waals surface area contributed by atoms with Gasteiger partial charge in [0.2, 0.25) is 5.78 Å². The average Bonchev–Trinajstić information content (AvgIpc) is 2.76. The van der Waals surface area contributed by atoms with Crippen LogP contribution < -0.4 is 0 Å². The Bertz CT molecular complexity index is 535. The number of carbonyl (C=O) groups is 1. The Balaban J connectivity index is 2.26. The summed E-state index contributed by atoms with van der Waals surface area (Å²) in [7, 11) is 0. The lowest BCUT2D eigenvalue weighted by atomic mass is 9.90. The van der Waals surface area contributed by atoms with E-state index in [1.54, 1.807) is 6.20 Å². The quantitative estimate of drug-likeness (QED) is 0.775. The minimum Gasteiger partial charge on any atom is -0.324 e. The minimum absolute atomic E-state index is 0.0726. The van der Waals surface area contributed by atoms with Crippen LogP contribution in [-0.2, 0) is 6.54 Å². The first kappa shape index (κ1) is 12.6. The van der Waals surface area contributed by atoms with Crippen molar-refractivity contribution in [1.82, 2.24) is 9.55 Å². The van der Waals surface area contributed by atoms with Crippen LogP contribution in [0.5, 0.6) is 0 Å². The van der Waals surface area contributed by atoms with E-state index >= 15 is 0 Å². The predicted molar refractivity (Wildman–Crippen MR) is 71.6 cm³/mol. The molecule has 0 unspecified atom stereocenters. The summed E-state index contributed by atoms with van der Waals surface area (Å²) in [5.74, 6) is 0.606. The van der Waals surface area contributed by atoms with Gasteiger partial charge in [0.25, 0.3) is 0 Å². The fourth-order valence-corrected chi connectivity index (χ4v) is 1.76. The summed E-state index contributed by atoms with van der Waals surface area (Å²) < 4.78 is 1.91. The molecule has 0 aliphatic carbocycles. The zero-order valence-electron chi connectivity index (χ0n) is 11.1. The second-order valence-corrected chi connectivity index (χ2v) is 5.44. The molecule has 0 N–H and O–H groups in total. The number of Topliss-reactive ketones (excluding diaryl/α,β-unsaturated/α-hetero) is 1. The maximum atomic E-state index is 12.3. The standard InChI is InChI=1S/C15H18N2O/c1-15(2,3)13(18)14-16-9-10-17(14)11-12-7-5-4-6-8-12/h4-10H,11H2,1-3H3. The van der Waals surface area contributed by atoms with Crippen LogP contribution >= 0.6 is 0 Å². The Morgan fingerprint density at radius 1 is 1.22 bits per heavy atom. The Hall–Kier alpha value is -1.90. The molecule has 3 heteroatoms. The lowest BCUT2D eigenvalue weighted by Gasteiger charge is -2.17. The molecular weight excluding hydrogens is 224 g/mol. The molecule has 0 saturated carbocycles. The van der Waals surface area contributed by atoms with E-state index in [2.05, 4.69) is 4.98 Å². The normalized spacial score (nSPS) is 11.5. The van der Waals surface area contributed by atoms with E-state index in [1.165, 1.54) is 5.56 Å². The van der Waals surface area contributed by atoms with Gasteiger partial charge in [0, 0.05) is 24.4 Å². The van der Waals surface area contributed by atoms with E-state index in [0.717, 1.165) is 0 Å². The summed E-state index contributed by atoms with van der Waals surface area (Å²) >= 11 is 0. The molecule has 0 aliphatic rings. The lowest BCUT2D eigenvalue weighted by molar-refractivity contribution is 0.0843. The third-order valence-corrected chi connectivity index (χ3v) is 2.80. The van der Waals surface area contributed by atoms with Crippen LogP contribution in [0.1, 0.15) is 37.0 Å². The molecule has 0 atom stereocenters. The van der Waals surface area contributed by atoms with E-state index < -0.39 is 5.41 Å². The average molecular weight is 242 g/mol. The van der Waals surface area contributed by atoms with Gasteiger partial charge >= 0.3 is 0 Å². The van der Waals surface area contributed by atoms with E-state index in [1.807, 2.05) is 61.9 Å². The van der Waals surface area contributed by atoms with Crippen molar-refractivity contribution in [3.8, 4) is 0 Å². The number of hydrogen-bond donors (Lipinski definition) is 0. The van der Waals surface area contributed by atoms with E-state index in [0.29, 0.717) is 12.4 Å². The second kappa shape index (κ2) is 4.77. The number of rotatable bonds is 3. The Kier molecular flexibility index (Phi) is 3.32. The molecule has 18 heavy (non-hydrogen) atoms. The minimum atomic E-state index is -0.403. The van der Waals surface area contributed by atoms with Crippen molar-refractivity contribution in [2.75, 3.05) is 0 Å². The van der Waals surface area contributed by atoms with Crippen LogP contribution in [0, 0.1) is 5.41 Å². The SMILES string of the molecule is CC(C)(C)C(=O)c1nccn1Cc1ccccc1. The highest BCUT2D eigenvalue weighted by Gasteiger charge is 2.26. The molecular formula is C15H18N2O. The number of hydrogen-bond acceptors (Lipinski definition) is 2. The van der Waals surface area contributed by atoms with Gasteiger partial charge in [0.05, 0.1) is 0 Å². The van der Waals surface area contributed by atoms with E-state index in [4.69, 9.17) is 0 Å². The Labute approximate surface area is 107 Å². The van der Waals surface area contributed by atoms with Crippen molar-refractivity contribution >= 4 is 5.78 Å². The molecule has 0 saturated heterocycles. The Morgan fingerprint density at radius 2 is 1.89 bits per heavy atom. The molecule has 0 amide bonds. The van der Waals surface area contributed by atoms with Gasteiger partial charge in [-0.1, -0.05) is 51.1 Å². The number of nitrogens with zero attached hydrogens (tertiary/aromatic N) is 2. The van der Waals surface area contributed by atoms with Crippen LogP contribution in [-0.4, -0.2) is 15.3 Å². The van der Waals surface area contributed by atoms with Crippen LogP contribution in [0.4, 0.5) is 0 Å². The zero-order valence-corrected chi connectivity index (χ0v) is 11.1. The molecule has 2 rings (SSSR count). The third-order valence-electron chi connectivity index (χ3n) is 2.80. The van der Waals surface area contributed by atoms with Crippen molar-refractivity contribution in [2.45, 2.75) is 27.3 Å². The number of imidazole rings is 1. The fourth-order valence-electron chi connectivity index (χ4n) is 1.76. The summed E-state index contributed by atoms with van der Waals surface area (Å²) in [6.07, 6.45) is 3.54. The molecule has 0 radical (unpaired) electrons. The summed E-state index contributed by atoms with van der Waals surface area (Å²) in [5.41, 5.74) is 0.762. The number of ketones is 1. The second-order valence-electron chi connectivity index (χ2n) is 5.44. The molecule has 1 aromatic carbocycles. The van der Waals surface area contributed by atoms with Crippen LogP contribution in [0.3, 0.4) is 0 Å². The lowest BCUT2D eigenvalue weighted by Crippen LogP contribution is -2.24. The molecule has 0 fully saturated rings. The molecule has 0 spiro atoms. The van der Waals surface area contributed by atoms with Crippen LogP contribution in [0.25, 0.3) is 0 Å². The molecule has 1 aromatic heterocycles. The highest BCUT2D eigenvalue weighted by molar-refractivity contribution is 5.96. The smallest absolute Gasteiger partial charge is 0.203 e. The topological polar surface area (TPSA) is 34.9 Å². The number of carbonyl (C=O) groups excluding carboxylic acids is 1. The van der Waals surface area contributed by atoms with Gasteiger partial charge in [-0.05, 0) is 5.56 Å². The van der Waals surface area contributed by atoms with Gasteiger partial charge in [-0.15, -0.1) is 0 Å². The summed E-state index contributed by atoms with van der Waals surface area (Å²) in [4.78, 5) is 16.4. The predicted octanol–water partition coefficient (Wildman–Crippen LogP) is 3.16. The number of aromatic nitrogens is 2. The molecule has 94 valence electrons. The first-order valence-corrected chi connectivity index (χ1v) is 6.08. The molecule has 0 bridgehead atoms. The zero-order chi connectivity index (χ0) is 13.2. The van der Waals surface area contributed by atoms with Crippen molar-refractivity contribution in [1.29, 1.82) is 0 Å². The van der Waals surface area contributed by atoms with Gasteiger partial charge < -0.3 is 4.57 Å². The monoisotopic (exact) mass is 242 g/mol. The fraction of sp³-hybridized carbons (Fsp3) is 0.333. The number of benzene rings is 1. The van der Waals surface area contributed by atoms with Gasteiger partial charge in [-0.25, -0.2) is 4.98 Å². The summed E-state index contributed by atoms with van der Waals surface area (Å²) in [5, 5.41) is 0. The summed E-state index contributed by atoms with van der Waals surface area (Å²) in [6, 6.07) is 10.1. The first-order valence-electron chi connectivity index (χ1n) is 6.08.